The molecule has 124 valence electrons. The molecule has 0 fully saturated rings. The summed E-state index contributed by atoms with van der Waals surface area (Å²) in [6.07, 6.45) is 2.49. The van der Waals surface area contributed by atoms with Crippen molar-refractivity contribution in [3.63, 3.8) is 0 Å². The van der Waals surface area contributed by atoms with Crippen molar-refractivity contribution in [2.45, 2.75) is 19.6 Å². The molecule has 24 heavy (non-hydrogen) atoms. The second kappa shape index (κ2) is 6.84. The maximum atomic E-state index is 12.5. The third kappa shape index (κ3) is 3.62. The molecule has 8 heteroatoms. The number of benzene rings is 1. The number of carbonyl (C=O) groups is 1. The van der Waals surface area contributed by atoms with Gasteiger partial charge in [0.15, 0.2) is 0 Å². The van der Waals surface area contributed by atoms with Crippen LogP contribution in [0.1, 0.15) is 27.8 Å². The van der Waals surface area contributed by atoms with Gasteiger partial charge >= 0.3 is 5.97 Å². The van der Waals surface area contributed by atoms with E-state index in [2.05, 4.69) is 15.2 Å². The van der Waals surface area contributed by atoms with E-state index in [1.165, 1.54) is 11.0 Å². The van der Waals surface area contributed by atoms with Crippen molar-refractivity contribution in [2.24, 2.45) is 7.05 Å². The quantitative estimate of drug-likeness (QED) is 0.664. The Hall–Kier alpha value is -2.67. The first-order chi connectivity index (χ1) is 11.5. The third-order valence-electron chi connectivity index (χ3n) is 3.52. The number of halogens is 1. The third-order valence-corrected chi connectivity index (χ3v) is 3.77. The van der Waals surface area contributed by atoms with Crippen molar-refractivity contribution in [1.29, 1.82) is 0 Å². The zero-order chi connectivity index (χ0) is 17.1. The molecule has 0 aliphatic carbocycles. The van der Waals surface area contributed by atoms with E-state index < -0.39 is 12.1 Å². The van der Waals surface area contributed by atoms with Gasteiger partial charge in [-0.05, 0) is 30.7 Å². The highest BCUT2D eigenvalue weighted by atomic mass is 35.5. The zero-order valence-corrected chi connectivity index (χ0v) is 14.0. The van der Waals surface area contributed by atoms with E-state index in [0.717, 1.165) is 11.3 Å². The molecule has 1 aromatic carbocycles. The Labute approximate surface area is 143 Å². The summed E-state index contributed by atoms with van der Waals surface area (Å²) in [6.45, 7) is 2.17. The standard InChI is InChI=1S/C16H16ClN5O2/c1-11-7-14(21(2)20-11)16(23)24-15(8-22-10-18-9-19-22)12-3-5-13(17)6-4-12/h3-7,9-10,15H,8H2,1-2H3. The lowest BCUT2D eigenvalue weighted by molar-refractivity contribution is 0.0234. The predicted octanol–water partition coefficient (Wildman–Crippen LogP) is 2.57. The normalized spacial score (nSPS) is 12.1. The molecule has 3 rings (SSSR count). The number of aromatic nitrogens is 5. The number of hydrogen-bond donors (Lipinski definition) is 0. The van der Waals surface area contributed by atoms with E-state index in [1.54, 1.807) is 36.3 Å². The summed E-state index contributed by atoms with van der Waals surface area (Å²) in [5.41, 5.74) is 1.97. The van der Waals surface area contributed by atoms with E-state index in [9.17, 15) is 4.79 Å². The van der Waals surface area contributed by atoms with Gasteiger partial charge in [0, 0.05) is 12.1 Å². The molecule has 0 aliphatic rings. The molecule has 0 saturated heterocycles. The Morgan fingerprint density at radius 3 is 2.67 bits per heavy atom. The Bertz CT molecular complexity index is 827. The van der Waals surface area contributed by atoms with Crippen molar-refractivity contribution >= 4 is 17.6 Å². The first-order valence-electron chi connectivity index (χ1n) is 7.32. The fraction of sp³-hybridized carbons (Fsp3) is 0.250. The molecular formula is C16H16ClN5O2. The van der Waals surface area contributed by atoms with E-state index in [-0.39, 0.29) is 0 Å². The number of aryl methyl sites for hydroxylation is 2. The second-order valence-electron chi connectivity index (χ2n) is 5.36. The van der Waals surface area contributed by atoms with Crippen molar-refractivity contribution in [2.75, 3.05) is 0 Å². The van der Waals surface area contributed by atoms with Crippen LogP contribution < -0.4 is 0 Å². The topological polar surface area (TPSA) is 74.8 Å². The highest BCUT2D eigenvalue weighted by Gasteiger charge is 2.21. The van der Waals surface area contributed by atoms with Crippen molar-refractivity contribution in [3.05, 3.63) is 65.0 Å². The second-order valence-corrected chi connectivity index (χ2v) is 5.79. The molecular weight excluding hydrogens is 330 g/mol. The van der Waals surface area contributed by atoms with Crippen LogP contribution in [-0.4, -0.2) is 30.5 Å². The number of carbonyl (C=O) groups excluding carboxylic acids is 1. The minimum absolute atomic E-state index is 0.351. The van der Waals surface area contributed by atoms with Gasteiger partial charge in [0.2, 0.25) is 0 Å². The summed E-state index contributed by atoms with van der Waals surface area (Å²) in [5.74, 6) is -0.446. The van der Waals surface area contributed by atoms with Gasteiger partial charge in [-0.25, -0.2) is 14.5 Å². The summed E-state index contributed by atoms with van der Waals surface area (Å²) in [6, 6.07) is 8.86. The van der Waals surface area contributed by atoms with Gasteiger partial charge in [-0.15, -0.1) is 0 Å². The number of hydrogen-bond acceptors (Lipinski definition) is 5. The van der Waals surface area contributed by atoms with Crippen LogP contribution in [0.4, 0.5) is 0 Å². The van der Waals surface area contributed by atoms with Gasteiger partial charge in [0.1, 0.15) is 24.5 Å². The van der Waals surface area contributed by atoms with Crippen LogP contribution in [0.25, 0.3) is 0 Å². The van der Waals surface area contributed by atoms with Crippen LogP contribution >= 0.6 is 11.6 Å². The molecule has 2 heterocycles. The summed E-state index contributed by atoms with van der Waals surface area (Å²) in [5, 5.41) is 8.86. The van der Waals surface area contributed by atoms with Gasteiger partial charge in [0.05, 0.1) is 12.2 Å². The van der Waals surface area contributed by atoms with E-state index in [4.69, 9.17) is 16.3 Å². The zero-order valence-electron chi connectivity index (χ0n) is 13.3. The number of rotatable bonds is 5. The fourth-order valence-corrected chi connectivity index (χ4v) is 2.50. The Kier molecular flexibility index (Phi) is 4.61. The molecule has 0 N–H and O–H groups in total. The Morgan fingerprint density at radius 2 is 2.08 bits per heavy atom. The Balaban J connectivity index is 1.85. The SMILES string of the molecule is Cc1cc(C(=O)OC(Cn2cncn2)c2ccc(Cl)cc2)n(C)n1. The van der Waals surface area contributed by atoms with E-state index in [0.29, 0.717) is 17.3 Å². The summed E-state index contributed by atoms with van der Waals surface area (Å²) in [4.78, 5) is 16.4. The molecule has 3 aromatic rings. The molecule has 2 aromatic heterocycles. The van der Waals surface area contributed by atoms with Crippen LogP contribution in [0.2, 0.25) is 5.02 Å². The largest absolute Gasteiger partial charge is 0.451 e. The fourth-order valence-electron chi connectivity index (χ4n) is 2.38. The van der Waals surface area contributed by atoms with Crippen molar-refractivity contribution in [3.8, 4) is 0 Å². The van der Waals surface area contributed by atoms with Crippen LogP contribution in [0.15, 0.2) is 43.0 Å². The van der Waals surface area contributed by atoms with Crippen LogP contribution in [0, 0.1) is 6.92 Å². The Morgan fingerprint density at radius 1 is 1.33 bits per heavy atom. The summed E-state index contributed by atoms with van der Waals surface area (Å²) in [7, 11) is 1.71. The number of esters is 1. The maximum absolute atomic E-state index is 12.5. The lowest BCUT2D eigenvalue weighted by Gasteiger charge is -2.18. The molecule has 0 radical (unpaired) electrons. The molecule has 1 unspecified atom stereocenters. The average molecular weight is 346 g/mol. The van der Waals surface area contributed by atoms with Gasteiger partial charge < -0.3 is 4.74 Å². The highest BCUT2D eigenvalue weighted by molar-refractivity contribution is 6.30. The molecule has 0 spiro atoms. The average Bonchev–Trinajstić information content (AvgIpc) is 3.16. The number of nitrogens with zero attached hydrogens (tertiary/aromatic N) is 5. The minimum Gasteiger partial charge on any atom is -0.451 e. The molecule has 0 aliphatic heterocycles. The van der Waals surface area contributed by atoms with E-state index in [1.807, 2.05) is 19.1 Å². The van der Waals surface area contributed by atoms with Gasteiger partial charge in [0.25, 0.3) is 0 Å². The predicted molar refractivity (Wildman–Crippen MR) is 87.6 cm³/mol. The van der Waals surface area contributed by atoms with Gasteiger partial charge in [-0.1, -0.05) is 23.7 Å². The lowest BCUT2D eigenvalue weighted by atomic mass is 10.1. The smallest absolute Gasteiger partial charge is 0.357 e. The van der Waals surface area contributed by atoms with Crippen molar-refractivity contribution in [1.82, 2.24) is 24.5 Å². The molecule has 7 nitrogen and oxygen atoms in total. The van der Waals surface area contributed by atoms with Crippen LogP contribution in [0.3, 0.4) is 0 Å². The maximum Gasteiger partial charge on any atom is 0.357 e. The molecule has 0 amide bonds. The first kappa shape index (κ1) is 16.2. The van der Waals surface area contributed by atoms with Crippen LogP contribution in [-0.2, 0) is 18.3 Å². The summed E-state index contributed by atoms with van der Waals surface area (Å²) >= 11 is 5.94. The lowest BCUT2D eigenvalue weighted by Crippen LogP contribution is -2.19. The van der Waals surface area contributed by atoms with Crippen molar-refractivity contribution < 1.29 is 9.53 Å². The number of ether oxygens (including phenoxy) is 1. The highest BCUT2D eigenvalue weighted by Crippen LogP contribution is 2.23. The monoisotopic (exact) mass is 345 g/mol. The summed E-state index contributed by atoms with van der Waals surface area (Å²) < 4.78 is 8.82. The molecule has 0 saturated carbocycles. The molecule has 0 bridgehead atoms. The molecule has 1 atom stereocenters. The van der Waals surface area contributed by atoms with E-state index >= 15 is 0 Å². The van der Waals surface area contributed by atoms with Gasteiger partial charge in [-0.3, -0.25) is 4.68 Å². The van der Waals surface area contributed by atoms with Gasteiger partial charge in [-0.2, -0.15) is 10.2 Å². The minimum atomic E-state index is -0.522. The first-order valence-corrected chi connectivity index (χ1v) is 7.70. The van der Waals surface area contributed by atoms with Crippen LogP contribution in [0.5, 0.6) is 0 Å².